The summed E-state index contributed by atoms with van der Waals surface area (Å²) in [6, 6.07) is 0. The van der Waals surface area contributed by atoms with Crippen LogP contribution in [0.4, 0.5) is 4.39 Å². The summed E-state index contributed by atoms with van der Waals surface area (Å²) in [5.74, 6) is -0.205. The summed E-state index contributed by atoms with van der Waals surface area (Å²) in [6.07, 6.45) is 4.31. The maximum absolute atomic E-state index is 12.0. The first kappa shape index (κ1) is 8.02. The van der Waals surface area contributed by atoms with E-state index in [-0.39, 0.29) is 23.4 Å². The summed E-state index contributed by atoms with van der Waals surface area (Å²) in [4.78, 5) is 10.6. The van der Waals surface area contributed by atoms with Crippen LogP contribution < -0.4 is 5.73 Å². The summed E-state index contributed by atoms with van der Waals surface area (Å²) >= 11 is 0. The average molecular weight is 171 g/mol. The van der Waals surface area contributed by atoms with Crippen molar-refractivity contribution in [3.63, 3.8) is 0 Å². The van der Waals surface area contributed by atoms with Crippen LogP contribution in [0.25, 0.3) is 0 Å². The molecule has 0 aromatic rings. The monoisotopic (exact) mass is 171 g/mol. The van der Waals surface area contributed by atoms with Crippen molar-refractivity contribution in [2.45, 2.75) is 32.1 Å². The van der Waals surface area contributed by atoms with E-state index in [0.29, 0.717) is 12.8 Å². The van der Waals surface area contributed by atoms with Gasteiger partial charge in [0.2, 0.25) is 5.91 Å². The van der Waals surface area contributed by atoms with Gasteiger partial charge >= 0.3 is 0 Å². The molecule has 0 saturated heterocycles. The summed E-state index contributed by atoms with van der Waals surface area (Å²) < 4.78 is 12.0. The van der Waals surface area contributed by atoms with Crippen LogP contribution in [-0.2, 0) is 4.79 Å². The van der Waals surface area contributed by atoms with Gasteiger partial charge in [-0.1, -0.05) is 0 Å². The standard InChI is InChI=1S/C9H14FNO/c10-2-1-8-4-9(5-8,6-8)3-7(11)12/h1-6H2,(H2,11,12). The molecule has 0 aliphatic heterocycles. The maximum Gasteiger partial charge on any atom is 0.217 e. The molecule has 2 N–H and O–H groups in total. The lowest BCUT2D eigenvalue weighted by Gasteiger charge is -2.71. The van der Waals surface area contributed by atoms with Crippen LogP contribution in [0.15, 0.2) is 0 Å². The van der Waals surface area contributed by atoms with E-state index in [1.54, 1.807) is 0 Å². The van der Waals surface area contributed by atoms with E-state index in [0.717, 1.165) is 19.3 Å². The maximum atomic E-state index is 12.0. The topological polar surface area (TPSA) is 43.1 Å². The molecule has 0 aromatic heterocycles. The SMILES string of the molecule is NC(=O)CC12CC(CCF)(C1)C2. The van der Waals surface area contributed by atoms with Crippen molar-refractivity contribution < 1.29 is 9.18 Å². The van der Waals surface area contributed by atoms with E-state index in [9.17, 15) is 9.18 Å². The summed E-state index contributed by atoms with van der Waals surface area (Å²) in [6.45, 7) is -0.216. The van der Waals surface area contributed by atoms with Crippen molar-refractivity contribution >= 4 is 5.91 Å². The van der Waals surface area contributed by atoms with Crippen molar-refractivity contribution in [3.05, 3.63) is 0 Å². The van der Waals surface area contributed by atoms with Crippen LogP contribution in [0.2, 0.25) is 0 Å². The zero-order chi connectivity index (χ0) is 8.82. The van der Waals surface area contributed by atoms with Gasteiger partial charge in [-0.15, -0.1) is 0 Å². The van der Waals surface area contributed by atoms with Gasteiger partial charge in [-0.3, -0.25) is 9.18 Å². The number of hydrogen-bond acceptors (Lipinski definition) is 1. The van der Waals surface area contributed by atoms with Gasteiger partial charge in [0.05, 0.1) is 6.67 Å². The van der Waals surface area contributed by atoms with Gasteiger partial charge in [-0.2, -0.15) is 0 Å². The van der Waals surface area contributed by atoms with E-state index in [1.165, 1.54) is 0 Å². The Morgan fingerprint density at radius 2 is 1.92 bits per heavy atom. The molecule has 12 heavy (non-hydrogen) atoms. The smallest absolute Gasteiger partial charge is 0.217 e. The number of carbonyl (C=O) groups is 1. The molecule has 3 rings (SSSR count). The first-order valence-corrected chi connectivity index (χ1v) is 4.44. The van der Waals surface area contributed by atoms with Crippen LogP contribution in [0.3, 0.4) is 0 Å². The number of nitrogens with two attached hydrogens (primary N) is 1. The first-order chi connectivity index (χ1) is 5.60. The molecule has 1 amide bonds. The predicted octanol–water partition coefficient (Wildman–Crippen LogP) is 1.39. The van der Waals surface area contributed by atoms with Gasteiger partial charge in [0, 0.05) is 6.42 Å². The molecule has 0 unspecified atom stereocenters. The number of amides is 1. The molecular weight excluding hydrogens is 157 g/mol. The molecule has 0 spiro atoms. The van der Waals surface area contributed by atoms with Gasteiger partial charge in [0.15, 0.2) is 0 Å². The van der Waals surface area contributed by atoms with Crippen molar-refractivity contribution in [1.29, 1.82) is 0 Å². The molecule has 68 valence electrons. The number of halogens is 1. The lowest BCUT2D eigenvalue weighted by Crippen LogP contribution is -2.62. The zero-order valence-corrected chi connectivity index (χ0v) is 7.11. The van der Waals surface area contributed by atoms with Crippen molar-refractivity contribution in [3.8, 4) is 0 Å². The molecule has 3 aliphatic carbocycles. The zero-order valence-electron chi connectivity index (χ0n) is 7.11. The minimum absolute atomic E-state index is 0.205. The molecule has 0 heterocycles. The highest BCUT2D eigenvalue weighted by Gasteiger charge is 2.66. The van der Waals surface area contributed by atoms with Gasteiger partial charge in [0.25, 0.3) is 0 Å². The Balaban J connectivity index is 1.83. The highest BCUT2D eigenvalue weighted by Crippen LogP contribution is 2.76. The van der Waals surface area contributed by atoms with Crippen molar-refractivity contribution in [2.24, 2.45) is 16.6 Å². The number of alkyl halides is 1. The number of rotatable bonds is 4. The molecule has 0 radical (unpaired) electrons. The summed E-state index contributed by atoms with van der Waals surface area (Å²) in [7, 11) is 0. The highest BCUT2D eigenvalue weighted by molar-refractivity contribution is 5.75. The Hall–Kier alpha value is -0.600. The second-order valence-corrected chi connectivity index (χ2v) is 4.61. The number of hydrogen-bond donors (Lipinski definition) is 1. The number of primary amides is 1. The Labute approximate surface area is 71.3 Å². The molecule has 3 heteroatoms. The Kier molecular flexibility index (Phi) is 1.48. The van der Waals surface area contributed by atoms with Gasteiger partial charge < -0.3 is 5.73 Å². The fourth-order valence-corrected chi connectivity index (χ4v) is 3.25. The number of carbonyl (C=O) groups excluding carboxylic acids is 1. The fraction of sp³-hybridized carbons (Fsp3) is 0.889. The molecule has 2 bridgehead atoms. The third-order valence-corrected chi connectivity index (χ3v) is 3.42. The van der Waals surface area contributed by atoms with Crippen molar-refractivity contribution in [2.75, 3.05) is 6.67 Å². The molecule has 2 nitrogen and oxygen atoms in total. The summed E-state index contributed by atoms with van der Waals surface area (Å²) in [5, 5.41) is 0. The van der Waals surface area contributed by atoms with E-state index >= 15 is 0 Å². The highest BCUT2D eigenvalue weighted by atomic mass is 19.1. The quantitative estimate of drug-likeness (QED) is 0.682. The van der Waals surface area contributed by atoms with E-state index in [4.69, 9.17) is 5.73 Å². The predicted molar refractivity (Wildman–Crippen MR) is 43.1 cm³/mol. The van der Waals surface area contributed by atoms with Crippen LogP contribution in [0, 0.1) is 10.8 Å². The molecule has 0 atom stereocenters. The van der Waals surface area contributed by atoms with E-state index < -0.39 is 0 Å². The molecular formula is C9H14FNO. The molecule has 0 aromatic carbocycles. The third kappa shape index (κ3) is 0.952. The van der Waals surface area contributed by atoms with Crippen LogP contribution in [0.1, 0.15) is 32.1 Å². The minimum atomic E-state index is -0.216. The first-order valence-electron chi connectivity index (χ1n) is 4.44. The normalized spacial score (nSPS) is 43.1. The Bertz CT molecular complexity index is 207. The average Bonchev–Trinajstić information content (AvgIpc) is 1.79. The molecule has 3 aliphatic rings. The van der Waals surface area contributed by atoms with Crippen LogP contribution in [-0.4, -0.2) is 12.6 Å². The lowest BCUT2D eigenvalue weighted by molar-refractivity contribution is -0.211. The van der Waals surface area contributed by atoms with E-state index in [1.807, 2.05) is 0 Å². The minimum Gasteiger partial charge on any atom is -0.370 e. The lowest BCUT2D eigenvalue weighted by atomic mass is 9.33. The van der Waals surface area contributed by atoms with Crippen molar-refractivity contribution in [1.82, 2.24) is 0 Å². The fourth-order valence-electron chi connectivity index (χ4n) is 3.25. The summed E-state index contributed by atoms with van der Waals surface area (Å²) in [5.41, 5.74) is 5.61. The molecule has 3 fully saturated rings. The van der Waals surface area contributed by atoms with Crippen LogP contribution >= 0.6 is 0 Å². The second-order valence-electron chi connectivity index (χ2n) is 4.61. The second kappa shape index (κ2) is 2.21. The van der Waals surface area contributed by atoms with Gasteiger partial charge in [-0.25, -0.2) is 0 Å². The van der Waals surface area contributed by atoms with Gasteiger partial charge in [0.1, 0.15) is 0 Å². The van der Waals surface area contributed by atoms with Crippen LogP contribution in [0.5, 0.6) is 0 Å². The Morgan fingerprint density at radius 1 is 1.33 bits per heavy atom. The third-order valence-electron chi connectivity index (χ3n) is 3.42. The molecule has 3 saturated carbocycles. The Morgan fingerprint density at radius 3 is 2.33 bits per heavy atom. The largest absolute Gasteiger partial charge is 0.370 e. The van der Waals surface area contributed by atoms with E-state index in [2.05, 4.69) is 0 Å². The van der Waals surface area contributed by atoms with Gasteiger partial charge in [-0.05, 0) is 36.5 Å².